The number of nitrogens with zero attached hydrogens (tertiary/aromatic N) is 1. The van der Waals surface area contributed by atoms with Crippen LogP contribution in [0, 0.1) is 0 Å². The molecular weight excluding hydrogens is 308 g/mol. The molecule has 1 N–H and O–H groups in total. The summed E-state index contributed by atoms with van der Waals surface area (Å²) >= 11 is 0. The Morgan fingerprint density at radius 1 is 1.12 bits per heavy atom. The molecule has 122 valence electrons. The monoisotopic (exact) mass is 324 g/mol. The predicted octanol–water partition coefficient (Wildman–Crippen LogP) is 3.62. The molecule has 6 nitrogen and oxygen atoms in total. The maximum atomic E-state index is 12.3. The number of nitrogens with one attached hydrogen (secondary N) is 1. The molecule has 24 heavy (non-hydrogen) atoms. The van der Waals surface area contributed by atoms with Gasteiger partial charge in [-0.1, -0.05) is 0 Å². The maximum Gasteiger partial charge on any atom is 0.419 e. The van der Waals surface area contributed by atoms with E-state index in [2.05, 4.69) is 4.98 Å². The maximum absolute atomic E-state index is 12.3. The highest BCUT2D eigenvalue weighted by Gasteiger charge is 2.14. The van der Waals surface area contributed by atoms with Crippen LogP contribution in [0.5, 0.6) is 11.5 Å². The Labute approximate surface area is 138 Å². The first kappa shape index (κ1) is 15.6. The molecule has 3 aromatic rings. The second-order valence-electron chi connectivity index (χ2n) is 5.19. The number of carbonyl (C=O) groups is 2. The zero-order chi connectivity index (χ0) is 17.1. The number of methoxy groups -OCH3 is 1. The van der Waals surface area contributed by atoms with Gasteiger partial charge in [-0.2, -0.15) is 0 Å². The molecule has 6 heteroatoms. The Morgan fingerprint density at radius 2 is 1.83 bits per heavy atom. The summed E-state index contributed by atoms with van der Waals surface area (Å²) in [5, 5.41) is 0.785. The summed E-state index contributed by atoms with van der Waals surface area (Å²) in [4.78, 5) is 27.6. The first-order valence-electron chi connectivity index (χ1n) is 7.28. The second kappa shape index (κ2) is 6.45. The summed E-state index contributed by atoms with van der Waals surface area (Å²) in [7, 11) is 3.21. The summed E-state index contributed by atoms with van der Waals surface area (Å²) < 4.78 is 10.5. The van der Waals surface area contributed by atoms with Crippen LogP contribution in [0.1, 0.15) is 10.4 Å². The Hall–Kier alpha value is -3.28. The number of aldehydes is 1. The summed E-state index contributed by atoms with van der Waals surface area (Å²) in [6, 6.07) is 12.2. The van der Waals surface area contributed by atoms with Crippen LogP contribution in [0.15, 0.2) is 48.7 Å². The molecule has 0 bridgehead atoms. The van der Waals surface area contributed by atoms with Crippen LogP contribution in [0.3, 0.4) is 0 Å². The van der Waals surface area contributed by atoms with Crippen LogP contribution >= 0.6 is 0 Å². The number of amides is 1. The van der Waals surface area contributed by atoms with Gasteiger partial charge in [0.05, 0.1) is 7.11 Å². The Morgan fingerprint density at radius 3 is 2.50 bits per heavy atom. The molecule has 0 unspecified atom stereocenters. The number of aromatic amines is 1. The summed E-state index contributed by atoms with van der Waals surface area (Å²) in [5.74, 6) is 1.11. The third-order valence-corrected chi connectivity index (χ3v) is 3.75. The molecule has 0 saturated heterocycles. The fraction of sp³-hybridized carbons (Fsp3) is 0.111. The lowest BCUT2D eigenvalue weighted by molar-refractivity contribution is 0.112. The van der Waals surface area contributed by atoms with Crippen molar-refractivity contribution in [3.63, 3.8) is 0 Å². The fourth-order valence-corrected chi connectivity index (χ4v) is 2.37. The van der Waals surface area contributed by atoms with E-state index in [4.69, 9.17) is 9.47 Å². The van der Waals surface area contributed by atoms with Gasteiger partial charge >= 0.3 is 6.09 Å². The largest absolute Gasteiger partial charge is 0.497 e. The van der Waals surface area contributed by atoms with Gasteiger partial charge in [-0.25, -0.2) is 4.79 Å². The number of benzene rings is 2. The highest BCUT2D eigenvalue weighted by atomic mass is 16.6. The van der Waals surface area contributed by atoms with Gasteiger partial charge in [-0.15, -0.1) is 0 Å². The van der Waals surface area contributed by atoms with E-state index in [9.17, 15) is 9.59 Å². The standard InChI is InChI=1S/C18H16N2O4/c1-20(13-3-5-14(23-2)6-4-13)18(22)24-15-7-8-16-12(11-21)10-19-17(16)9-15/h3-11,19H,1-2H3. The van der Waals surface area contributed by atoms with Crippen molar-refractivity contribution >= 4 is 29.0 Å². The molecule has 3 rings (SSSR count). The van der Waals surface area contributed by atoms with E-state index in [0.717, 1.165) is 17.2 Å². The quantitative estimate of drug-likeness (QED) is 0.744. The van der Waals surface area contributed by atoms with E-state index in [1.807, 2.05) is 0 Å². The average Bonchev–Trinajstić information content (AvgIpc) is 3.03. The predicted molar refractivity (Wildman–Crippen MR) is 91.1 cm³/mol. The van der Waals surface area contributed by atoms with E-state index in [-0.39, 0.29) is 0 Å². The lowest BCUT2D eigenvalue weighted by atomic mass is 10.2. The molecule has 0 radical (unpaired) electrons. The van der Waals surface area contributed by atoms with E-state index in [1.165, 1.54) is 4.90 Å². The zero-order valence-corrected chi connectivity index (χ0v) is 13.3. The van der Waals surface area contributed by atoms with Crippen molar-refractivity contribution in [2.45, 2.75) is 0 Å². The first-order valence-corrected chi connectivity index (χ1v) is 7.28. The minimum absolute atomic E-state index is 0.396. The Balaban J connectivity index is 1.76. The van der Waals surface area contributed by atoms with Crippen LogP contribution in [-0.4, -0.2) is 31.5 Å². The lowest BCUT2D eigenvalue weighted by Crippen LogP contribution is -2.29. The SMILES string of the molecule is COc1ccc(N(C)C(=O)Oc2ccc3c(C=O)c[nH]c3c2)cc1. The number of hydrogen-bond acceptors (Lipinski definition) is 4. The van der Waals surface area contributed by atoms with Crippen molar-refractivity contribution in [1.29, 1.82) is 0 Å². The molecule has 1 amide bonds. The number of fused-ring (bicyclic) bond motifs is 1. The van der Waals surface area contributed by atoms with Crippen LogP contribution < -0.4 is 14.4 Å². The third kappa shape index (κ3) is 2.94. The topological polar surface area (TPSA) is 71.6 Å². The van der Waals surface area contributed by atoms with Crippen LogP contribution in [0.25, 0.3) is 10.9 Å². The van der Waals surface area contributed by atoms with Gasteiger partial charge in [-0.3, -0.25) is 9.69 Å². The van der Waals surface area contributed by atoms with Crippen molar-refractivity contribution in [3.8, 4) is 11.5 Å². The van der Waals surface area contributed by atoms with Crippen LogP contribution in [0.4, 0.5) is 10.5 Å². The summed E-state index contributed by atoms with van der Waals surface area (Å²) in [6.45, 7) is 0. The third-order valence-electron chi connectivity index (χ3n) is 3.75. The minimum atomic E-state index is -0.512. The average molecular weight is 324 g/mol. The second-order valence-corrected chi connectivity index (χ2v) is 5.19. The molecule has 0 fully saturated rings. The number of aromatic nitrogens is 1. The molecule has 2 aromatic carbocycles. The number of anilines is 1. The molecular formula is C18H16N2O4. The fourth-order valence-electron chi connectivity index (χ4n) is 2.37. The first-order chi connectivity index (χ1) is 11.6. The van der Waals surface area contributed by atoms with E-state index < -0.39 is 6.09 Å². The smallest absolute Gasteiger partial charge is 0.419 e. The minimum Gasteiger partial charge on any atom is -0.497 e. The Kier molecular flexibility index (Phi) is 4.20. The number of rotatable bonds is 4. The van der Waals surface area contributed by atoms with Gasteiger partial charge in [0.25, 0.3) is 0 Å². The molecule has 1 heterocycles. The molecule has 1 aromatic heterocycles. The van der Waals surface area contributed by atoms with Crippen molar-refractivity contribution in [2.24, 2.45) is 0 Å². The van der Waals surface area contributed by atoms with Gasteiger partial charge in [-0.05, 0) is 36.4 Å². The van der Waals surface area contributed by atoms with Crippen LogP contribution in [0.2, 0.25) is 0 Å². The van der Waals surface area contributed by atoms with Crippen LogP contribution in [-0.2, 0) is 0 Å². The normalized spacial score (nSPS) is 10.4. The summed E-state index contributed by atoms with van der Waals surface area (Å²) in [5.41, 5.74) is 1.98. The van der Waals surface area contributed by atoms with Crippen molar-refractivity contribution in [2.75, 3.05) is 19.1 Å². The molecule has 0 aliphatic carbocycles. The molecule has 0 aliphatic heterocycles. The van der Waals surface area contributed by atoms with E-state index >= 15 is 0 Å². The summed E-state index contributed by atoms with van der Waals surface area (Å²) in [6.07, 6.45) is 1.89. The molecule has 0 saturated carbocycles. The van der Waals surface area contributed by atoms with Gasteiger partial charge in [0.15, 0.2) is 6.29 Å². The number of ether oxygens (including phenoxy) is 2. The van der Waals surface area contributed by atoms with Crippen molar-refractivity contribution < 1.29 is 19.1 Å². The lowest BCUT2D eigenvalue weighted by Gasteiger charge is -2.17. The molecule has 0 atom stereocenters. The van der Waals surface area contributed by atoms with E-state index in [0.29, 0.717) is 22.7 Å². The van der Waals surface area contributed by atoms with Gasteiger partial charge < -0.3 is 14.5 Å². The molecule has 0 spiro atoms. The van der Waals surface area contributed by atoms with Gasteiger partial charge in [0.2, 0.25) is 0 Å². The zero-order valence-electron chi connectivity index (χ0n) is 13.3. The number of carbonyl (C=O) groups excluding carboxylic acids is 2. The number of hydrogen-bond donors (Lipinski definition) is 1. The highest BCUT2D eigenvalue weighted by molar-refractivity contribution is 5.98. The van der Waals surface area contributed by atoms with Crippen molar-refractivity contribution in [3.05, 3.63) is 54.2 Å². The van der Waals surface area contributed by atoms with Gasteiger partial charge in [0.1, 0.15) is 11.5 Å². The van der Waals surface area contributed by atoms with Gasteiger partial charge in [0, 0.05) is 41.5 Å². The highest BCUT2D eigenvalue weighted by Crippen LogP contribution is 2.24. The van der Waals surface area contributed by atoms with Crippen molar-refractivity contribution in [1.82, 2.24) is 4.98 Å². The Bertz CT molecular complexity index is 884. The number of H-pyrrole nitrogens is 1. The van der Waals surface area contributed by atoms with E-state index in [1.54, 1.807) is 62.8 Å². The molecule has 0 aliphatic rings.